The van der Waals surface area contributed by atoms with E-state index in [1.807, 2.05) is 42.5 Å². The fraction of sp³-hybridized carbons (Fsp3) is 0.0952. The van der Waals surface area contributed by atoms with Crippen molar-refractivity contribution < 1.29 is 12.8 Å². The number of halogens is 1. The number of nitrogens with zero attached hydrogens (tertiary/aromatic N) is 1. The third-order valence-corrected chi connectivity index (χ3v) is 6.69. The molecule has 0 aliphatic carbocycles. The van der Waals surface area contributed by atoms with Crippen LogP contribution in [0.25, 0.3) is 21.3 Å². The normalized spacial score (nSPS) is 11.7. The van der Waals surface area contributed by atoms with Gasteiger partial charge in [-0.15, -0.1) is 11.3 Å². The Balaban J connectivity index is 1.56. The van der Waals surface area contributed by atoms with Crippen LogP contribution in [0.3, 0.4) is 0 Å². The third kappa shape index (κ3) is 4.07. The van der Waals surface area contributed by atoms with Crippen LogP contribution in [-0.4, -0.2) is 13.4 Å². The molecule has 1 heterocycles. The van der Waals surface area contributed by atoms with E-state index in [-0.39, 0.29) is 17.3 Å². The standard InChI is InChI=1S/C21H16FNO2S2/c22-18-10-8-16(9-11-18)21-23-19(12-26-21)14-27(24,25)13-17-6-3-5-15-4-1-2-7-20(15)17/h1-12H,13-14H2. The second-order valence-corrected chi connectivity index (χ2v) is 9.24. The molecule has 0 aliphatic heterocycles. The number of benzene rings is 3. The average molecular weight is 397 g/mol. The molecule has 0 N–H and O–H groups in total. The van der Waals surface area contributed by atoms with E-state index in [1.54, 1.807) is 17.5 Å². The first-order valence-electron chi connectivity index (χ1n) is 8.38. The van der Waals surface area contributed by atoms with Gasteiger partial charge in [0.05, 0.1) is 17.2 Å². The molecule has 3 nitrogen and oxygen atoms in total. The van der Waals surface area contributed by atoms with E-state index >= 15 is 0 Å². The fourth-order valence-electron chi connectivity index (χ4n) is 3.03. The monoisotopic (exact) mass is 397 g/mol. The summed E-state index contributed by atoms with van der Waals surface area (Å²) in [6.07, 6.45) is 0. The molecule has 0 bridgehead atoms. The molecule has 0 atom stereocenters. The second-order valence-electron chi connectivity index (χ2n) is 6.32. The summed E-state index contributed by atoms with van der Waals surface area (Å²) in [6.45, 7) is 0. The molecule has 1 aromatic heterocycles. The summed E-state index contributed by atoms with van der Waals surface area (Å²) in [7, 11) is -3.37. The molecule has 0 spiro atoms. The van der Waals surface area contributed by atoms with E-state index in [0.717, 1.165) is 21.9 Å². The molecule has 0 radical (unpaired) electrons. The first-order chi connectivity index (χ1) is 13.0. The number of hydrogen-bond acceptors (Lipinski definition) is 4. The van der Waals surface area contributed by atoms with Gasteiger partial charge in [-0.1, -0.05) is 42.5 Å². The summed E-state index contributed by atoms with van der Waals surface area (Å²) >= 11 is 1.36. The number of hydrogen-bond donors (Lipinski definition) is 0. The molecule has 0 amide bonds. The number of sulfone groups is 1. The van der Waals surface area contributed by atoms with Gasteiger partial charge in [0.1, 0.15) is 10.8 Å². The van der Waals surface area contributed by atoms with Crippen molar-refractivity contribution >= 4 is 31.9 Å². The molecule has 27 heavy (non-hydrogen) atoms. The van der Waals surface area contributed by atoms with E-state index in [0.29, 0.717) is 10.7 Å². The van der Waals surface area contributed by atoms with Crippen LogP contribution in [0.4, 0.5) is 4.39 Å². The van der Waals surface area contributed by atoms with Crippen molar-refractivity contribution in [3.63, 3.8) is 0 Å². The Hall–Kier alpha value is -2.57. The Labute approximate surface area is 161 Å². The molecule has 0 saturated carbocycles. The average Bonchev–Trinajstić information content (AvgIpc) is 3.10. The maximum Gasteiger partial charge on any atom is 0.160 e. The van der Waals surface area contributed by atoms with Crippen molar-refractivity contribution in [3.8, 4) is 10.6 Å². The van der Waals surface area contributed by atoms with Gasteiger partial charge in [0.25, 0.3) is 0 Å². The van der Waals surface area contributed by atoms with Gasteiger partial charge in [0.15, 0.2) is 9.84 Å². The van der Waals surface area contributed by atoms with Crippen LogP contribution < -0.4 is 0 Å². The lowest BCUT2D eigenvalue weighted by molar-refractivity contribution is 0.594. The summed E-state index contributed by atoms with van der Waals surface area (Å²) in [5, 5.41) is 4.41. The van der Waals surface area contributed by atoms with Crippen molar-refractivity contribution in [2.24, 2.45) is 0 Å². The molecule has 4 rings (SSSR count). The minimum absolute atomic E-state index is 0.0300. The van der Waals surface area contributed by atoms with E-state index in [4.69, 9.17) is 0 Å². The lowest BCUT2D eigenvalue weighted by Crippen LogP contribution is -2.08. The van der Waals surface area contributed by atoms with Gasteiger partial charge in [-0.05, 0) is 40.6 Å². The zero-order chi connectivity index (χ0) is 18.9. The van der Waals surface area contributed by atoms with Crippen LogP contribution in [0.1, 0.15) is 11.3 Å². The van der Waals surface area contributed by atoms with Gasteiger partial charge in [-0.25, -0.2) is 17.8 Å². The second kappa shape index (κ2) is 7.21. The molecule has 136 valence electrons. The summed E-state index contributed by atoms with van der Waals surface area (Å²) in [5.41, 5.74) is 2.08. The Morgan fingerprint density at radius 2 is 1.63 bits per heavy atom. The molecule has 0 unspecified atom stereocenters. The van der Waals surface area contributed by atoms with Crippen LogP contribution in [0.15, 0.2) is 72.1 Å². The van der Waals surface area contributed by atoms with Crippen molar-refractivity contribution in [1.82, 2.24) is 4.98 Å². The molecular weight excluding hydrogens is 381 g/mol. The largest absolute Gasteiger partial charge is 0.240 e. The number of fused-ring (bicyclic) bond motifs is 1. The summed E-state index contributed by atoms with van der Waals surface area (Å²) in [4.78, 5) is 4.42. The molecule has 0 saturated heterocycles. The molecule has 0 fully saturated rings. The first-order valence-corrected chi connectivity index (χ1v) is 11.1. The lowest BCUT2D eigenvalue weighted by atomic mass is 10.1. The number of rotatable bonds is 5. The van der Waals surface area contributed by atoms with Gasteiger partial charge in [0.2, 0.25) is 0 Å². The van der Waals surface area contributed by atoms with E-state index in [2.05, 4.69) is 4.98 Å². The maximum atomic E-state index is 13.1. The molecule has 3 aromatic carbocycles. The maximum absolute atomic E-state index is 13.1. The Kier molecular flexibility index (Phi) is 4.76. The topological polar surface area (TPSA) is 47.0 Å². The highest BCUT2D eigenvalue weighted by Gasteiger charge is 2.17. The van der Waals surface area contributed by atoms with Crippen molar-refractivity contribution in [2.75, 3.05) is 0 Å². The fourth-order valence-corrected chi connectivity index (χ4v) is 5.39. The van der Waals surface area contributed by atoms with Gasteiger partial charge in [0, 0.05) is 10.9 Å². The van der Waals surface area contributed by atoms with Gasteiger partial charge in [-0.2, -0.15) is 0 Å². The smallest absolute Gasteiger partial charge is 0.160 e. The van der Waals surface area contributed by atoms with Crippen LogP contribution in [0.2, 0.25) is 0 Å². The number of thiazole rings is 1. The minimum Gasteiger partial charge on any atom is -0.240 e. The molecular formula is C21H16FNO2S2. The van der Waals surface area contributed by atoms with Gasteiger partial charge < -0.3 is 0 Å². The lowest BCUT2D eigenvalue weighted by Gasteiger charge is -2.07. The van der Waals surface area contributed by atoms with Crippen LogP contribution in [-0.2, 0) is 21.3 Å². The summed E-state index contributed by atoms with van der Waals surface area (Å²) < 4.78 is 38.5. The highest BCUT2D eigenvalue weighted by molar-refractivity contribution is 7.89. The Bertz CT molecular complexity index is 1190. The minimum atomic E-state index is -3.37. The number of aromatic nitrogens is 1. The van der Waals surface area contributed by atoms with Crippen molar-refractivity contribution in [1.29, 1.82) is 0 Å². The van der Waals surface area contributed by atoms with E-state index < -0.39 is 9.84 Å². The van der Waals surface area contributed by atoms with Crippen molar-refractivity contribution in [3.05, 3.63) is 89.2 Å². The van der Waals surface area contributed by atoms with Crippen LogP contribution in [0.5, 0.6) is 0 Å². The highest BCUT2D eigenvalue weighted by Crippen LogP contribution is 2.26. The van der Waals surface area contributed by atoms with E-state index in [1.165, 1.54) is 23.5 Å². The summed E-state index contributed by atoms with van der Waals surface area (Å²) in [6, 6.07) is 19.5. The van der Waals surface area contributed by atoms with Gasteiger partial charge in [-0.3, -0.25) is 0 Å². The third-order valence-electron chi connectivity index (χ3n) is 4.27. The van der Waals surface area contributed by atoms with Crippen LogP contribution >= 0.6 is 11.3 Å². The zero-order valence-electron chi connectivity index (χ0n) is 14.3. The molecule has 0 aliphatic rings. The predicted octanol–water partition coefficient (Wildman–Crippen LogP) is 5.22. The first kappa shape index (κ1) is 17.8. The Morgan fingerprint density at radius 1 is 0.889 bits per heavy atom. The Morgan fingerprint density at radius 3 is 2.44 bits per heavy atom. The predicted molar refractivity (Wildman–Crippen MR) is 108 cm³/mol. The SMILES string of the molecule is O=S(=O)(Cc1csc(-c2ccc(F)cc2)n1)Cc1cccc2ccccc12. The van der Waals surface area contributed by atoms with Crippen LogP contribution in [0, 0.1) is 5.82 Å². The van der Waals surface area contributed by atoms with Gasteiger partial charge >= 0.3 is 0 Å². The zero-order valence-corrected chi connectivity index (χ0v) is 15.9. The highest BCUT2D eigenvalue weighted by atomic mass is 32.2. The summed E-state index contributed by atoms with van der Waals surface area (Å²) in [5.74, 6) is -0.459. The molecule has 6 heteroatoms. The quantitative estimate of drug-likeness (QED) is 0.464. The van der Waals surface area contributed by atoms with E-state index in [9.17, 15) is 12.8 Å². The van der Waals surface area contributed by atoms with Crippen molar-refractivity contribution in [2.45, 2.75) is 11.5 Å². The molecule has 4 aromatic rings.